The summed E-state index contributed by atoms with van der Waals surface area (Å²) in [5.41, 5.74) is 4.04. The summed E-state index contributed by atoms with van der Waals surface area (Å²) in [6.45, 7) is 7.56. The van der Waals surface area contributed by atoms with E-state index in [2.05, 4.69) is 44.3 Å². The van der Waals surface area contributed by atoms with Crippen molar-refractivity contribution in [1.82, 2.24) is 5.32 Å². The average molecular weight is 265 g/mol. The monoisotopic (exact) mass is 265 g/mol. The lowest BCUT2D eigenvalue weighted by Crippen LogP contribution is -2.34. The van der Waals surface area contributed by atoms with Gasteiger partial charge in [-0.3, -0.25) is 0 Å². The highest BCUT2D eigenvalue weighted by Crippen LogP contribution is 2.18. The van der Waals surface area contributed by atoms with Crippen LogP contribution in [0.15, 0.2) is 18.2 Å². The highest BCUT2D eigenvalue weighted by molar-refractivity contribution is 5.32. The SMILES string of the molecule is Cc1ccc(C(C)C)cc1CCNC(CO)CCO. The Hall–Kier alpha value is -0.900. The Kier molecular flexibility index (Phi) is 7.06. The van der Waals surface area contributed by atoms with Crippen LogP contribution in [-0.2, 0) is 6.42 Å². The third kappa shape index (κ3) is 5.31. The molecule has 0 aliphatic heterocycles. The third-order valence-electron chi connectivity index (χ3n) is 3.57. The zero-order valence-corrected chi connectivity index (χ0v) is 12.3. The molecule has 3 nitrogen and oxygen atoms in total. The Labute approximate surface area is 116 Å². The average Bonchev–Trinajstić information content (AvgIpc) is 2.39. The lowest BCUT2D eigenvalue weighted by atomic mass is 9.96. The van der Waals surface area contributed by atoms with Gasteiger partial charge in [0, 0.05) is 12.6 Å². The van der Waals surface area contributed by atoms with Crippen molar-refractivity contribution in [1.29, 1.82) is 0 Å². The fraction of sp³-hybridized carbons (Fsp3) is 0.625. The van der Waals surface area contributed by atoms with Crippen LogP contribution in [0.4, 0.5) is 0 Å². The van der Waals surface area contributed by atoms with Crippen LogP contribution < -0.4 is 5.32 Å². The number of aliphatic hydroxyl groups is 2. The maximum absolute atomic E-state index is 9.15. The number of aryl methyl sites for hydroxylation is 1. The summed E-state index contributed by atoms with van der Waals surface area (Å²) in [6, 6.07) is 6.65. The molecule has 1 rings (SSSR count). The Morgan fingerprint density at radius 2 is 1.95 bits per heavy atom. The summed E-state index contributed by atoms with van der Waals surface area (Å²) in [5.74, 6) is 0.548. The fourth-order valence-corrected chi connectivity index (χ4v) is 2.14. The van der Waals surface area contributed by atoms with Crippen molar-refractivity contribution < 1.29 is 10.2 Å². The molecular weight excluding hydrogens is 238 g/mol. The summed E-state index contributed by atoms with van der Waals surface area (Å²) in [6.07, 6.45) is 1.55. The molecule has 1 atom stereocenters. The van der Waals surface area contributed by atoms with Gasteiger partial charge < -0.3 is 15.5 Å². The Balaban J connectivity index is 2.54. The normalized spacial score (nSPS) is 12.9. The fourth-order valence-electron chi connectivity index (χ4n) is 2.14. The molecule has 0 saturated heterocycles. The van der Waals surface area contributed by atoms with E-state index in [1.54, 1.807) is 0 Å². The van der Waals surface area contributed by atoms with E-state index in [0.29, 0.717) is 12.3 Å². The van der Waals surface area contributed by atoms with E-state index < -0.39 is 0 Å². The van der Waals surface area contributed by atoms with E-state index in [1.807, 2.05) is 0 Å². The molecule has 0 aromatic heterocycles. The molecule has 3 heteroatoms. The minimum absolute atomic E-state index is 0.00131. The molecule has 0 fully saturated rings. The number of nitrogens with one attached hydrogen (secondary N) is 1. The summed E-state index contributed by atoms with van der Waals surface area (Å²) in [4.78, 5) is 0. The van der Waals surface area contributed by atoms with Crippen molar-refractivity contribution in [2.24, 2.45) is 0 Å². The van der Waals surface area contributed by atoms with Crippen LogP contribution in [0.2, 0.25) is 0 Å². The molecule has 1 aromatic carbocycles. The largest absolute Gasteiger partial charge is 0.396 e. The minimum atomic E-state index is -0.00131. The van der Waals surface area contributed by atoms with Gasteiger partial charge >= 0.3 is 0 Å². The molecule has 0 amide bonds. The topological polar surface area (TPSA) is 52.5 Å². The van der Waals surface area contributed by atoms with Crippen LogP contribution in [0.5, 0.6) is 0 Å². The number of aliphatic hydroxyl groups excluding tert-OH is 2. The van der Waals surface area contributed by atoms with Gasteiger partial charge in [0.1, 0.15) is 0 Å². The van der Waals surface area contributed by atoms with E-state index in [-0.39, 0.29) is 19.3 Å². The smallest absolute Gasteiger partial charge is 0.0585 e. The van der Waals surface area contributed by atoms with Gasteiger partial charge in [-0.2, -0.15) is 0 Å². The molecule has 19 heavy (non-hydrogen) atoms. The first-order chi connectivity index (χ1) is 9.08. The molecule has 0 radical (unpaired) electrons. The Morgan fingerprint density at radius 3 is 2.53 bits per heavy atom. The molecule has 0 aliphatic rings. The van der Waals surface area contributed by atoms with Crippen LogP contribution in [0.25, 0.3) is 0 Å². The zero-order valence-electron chi connectivity index (χ0n) is 12.3. The first kappa shape index (κ1) is 16.2. The quantitative estimate of drug-likeness (QED) is 0.674. The van der Waals surface area contributed by atoms with Gasteiger partial charge in [0.25, 0.3) is 0 Å². The van der Waals surface area contributed by atoms with Crippen molar-refractivity contribution in [3.05, 3.63) is 34.9 Å². The second-order valence-corrected chi connectivity index (χ2v) is 5.44. The Bertz CT molecular complexity index is 377. The van der Waals surface area contributed by atoms with E-state index in [9.17, 15) is 0 Å². The number of hydrogen-bond donors (Lipinski definition) is 3. The van der Waals surface area contributed by atoms with Crippen molar-refractivity contribution in [3.8, 4) is 0 Å². The van der Waals surface area contributed by atoms with Crippen LogP contribution in [-0.4, -0.2) is 36.0 Å². The predicted molar refractivity (Wildman–Crippen MR) is 79.6 cm³/mol. The lowest BCUT2D eigenvalue weighted by Gasteiger charge is -2.16. The van der Waals surface area contributed by atoms with Gasteiger partial charge in [0.05, 0.1) is 6.61 Å². The van der Waals surface area contributed by atoms with E-state index in [4.69, 9.17) is 10.2 Å². The molecule has 0 heterocycles. The van der Waals surface area contributed by atoms with Gasteiger partial charge in [0.15, 0.2) is 0 Å². The highest BCUT2D eigenvalue weighted by Gasteiger charge is 2.07. The van der Waals surface area contributed by atoms with Gasteiger partial charge in [-0.25, -0.2) is 0 Å². The number of hydrogen-bond acceptors (Lipinski definition) is 3. The van der Waals surface area contributed by atoms with Crippen LogP contribution >= 0.6 is 0 Å². The summed E-state index contributed by atoms with van der Waals surface area (Å²) < 4.78 is 0. The van der Waals surface area contributed by atoms with Crippen LogP contribution in [0.1, 0.15) is 42.9 Å². The molecule has 1 aromatic rings. The maximum atomic E-state index is 9.15. The second kappa shape index (κ2) is 8.31. The molecule has 1 unspecified atom stereocenters. The summed E-state index contributed by atoms with van der Waals surface area (Å²) >= 11 is 0. The van der Waals surface area contributed by atoms with E-state index >= 15 is 0 Å². The second-order valence-electron chi connectivity index (χ2n) is 5.44. The first-order valence-electron chi connectivity index (χ1n) is 7.13. The number of rotatable bonds is 8. The minimum Gasteiger partial charge on any atom is -0.396 e. The highest BCUT2D eigenvalue weighted by atomic mass is 16.3. The zero-order chi connectivity index (χ0) is 14.3. The summed E-state index contributed by atoms with van der Waals surface area (Å²) in [5, 5.41) is 21.3. The lowest BCUT2D eigenvalue weighted by molar-refractivity contribution is 0.201. The predicted octanol–water partition coefficient (Wildman–Crippen LogP) is 1.99. The molecule has 0 saturated carbocycles. The van der Waals surface area contributed by atoms with Gasteiger partial charge in [-0.15, -0.1) is 0 Å². The van der Waals surface area contributed by atoms with Crippen LogP contribution in [0, 0.1) is 6.92 Å². The van der Waals surface area contributed by atoms with Gasteiger partial charge in [-0.1, -0.05) is 32.0 Å². The maximum Gasteiger partial charge on any atom is 0.0585 e. The van der Waals surface area contributed by atoms with Crippen LogP contribution in [0.3, 0.4) is 0 Å². The van der Waals surface area contributed by atoms with Crippen molar-refractivity contribution >= 4 is 0 Å². The summed E-state index contributed by atoms with van der Waals surface area (Å²) in [7, 11) is 0. The van der Waals surface area contributed by atoms with Crippen molar-refractivity contribution in [3.63, 3.8) is 0 Å². The third-order valence-corrected chi connectivity index (χ3v) is 3.57. The Morgan fingerprint density at radius 1 is 1.21 bits per heavy atom. The standard InChI is InChI=1S/C16H27NO2/c1-12(2)14-5-4-13(3)15(10-14)6-8-17-16(11-19)7-9-18/h4-5,10,12,16-19H,6-9,11H2,1-3H3. The first-order valence-corrected chi connectivity index (χ1v) is 7.13. The van der Waals surface area contributed by atoms with Crippen molar-refractivity contribution in [2.75, 3.05) is 19.8 Å². The molecule has 0 bridgehead atoms. The van der Waals surface area contributed by atoms with Gasteiger partial charge in [0.2, 0.25) is 0 Å². The molecule has 108 valence electrons. The number of benzene rings is 1. The van der Waals surface area contributed by atoms with E-state index in [1.165, 1.54) is 16.7 Å². The van der Waals surface area contributed by atoms with Crippen molar-refractivity contribution in [2.45, 2.75) is 45.6 Å². The molecule has 3 N–H and O–H groups in total. The molecular formula is C16H27NO2. The molecule has 0 aliphatic carbocycles. The van der Waals surface area contributed by atoms with Gasteiger partial charge in [-0.05, 0) is 48.9 Å². The molecule has 0 spiro atoms. The van der Waals surface area contributed by atoms with E-state index in [0.717, 1.165) is 13.0 Å².